The lowest BCUT2D eigenvalue weighted by atomic mass is 9.72. The highest BCUT2D eigenvalue weighted by atomic mass is 16.1. The number of para-hydroxylation sites is 2. The topological polar surface area (TPSA) is 46.9 Å². The molecule has 2 aliphatic carbocycles. The summed E-state index contributed by atoms with van der Waals surface area (Å²) in [5, 5.41) is 3.71. The highest BCUT2D eigenvalue weighted by Gasteiger charge is 2.33. The Morgan fingerprint density at radius 2 is 1.48 bits per heavy atom. The number of rotatable bonds is 2. The largest absolute Gasteiger partial charge is 0.318 e. The van der Waals surface area contributed by atoms with Gasteiger partial charge in [0.1, 0.15) is 0 Å². The van der Waals surface area contributed by atoms with Gasteiger partial charge in [0.05, 0.1) is 11.0 Å². The maximum atomic E-state index is 11.4. The van der Waals surface area contributed by atoms with E-state index < -0.39 is 0 Å². The van der Waals surface area contributed by atoms with Gasteiger partial charge in [-0.2, -0.15) is 0 Å². The van der Waals surface area contributed by atoms with E-state index in [0.717, 1.165) is 42.0 Å². The average molecular weight is 394 g/mol. The third-order valence-corrected chi connectivity index (χ3v) is 7.90. The van der Waals surface area contributed by atoms with E-state index in [9.17, 15) is 4.79 Å². The predicted molar refractivity (Wildman–Crippen MR) is 117 cm³/mol. The van der Waals surface area contributed by atoms with Crippen molar-refractivity contribution in [2.45, 2.75) is 95.2 Å². The van der Waals surface area contributed by atoms with Crippen molar-refractivity contribution in [1.29, 1.82) is 0 Å². The second-order valence-electron chi connectivity index (χ2n) is 9.89. The number of carbonyl (C=O) groups excluding carboxylic acids is 1. The molecule has 1 aromatic carbocycles. The molecule has 29 heavy (non-hydrogen) atoms. The molecule has 4 heteroatoms. The Balaban J connectivity index is 0.000000168. The number of fused-ring (bicyclic) bond motifs is 5. The van der Waals surface area contributed by atoms with Crippen LogP contribution >= 0.6 is 0 Å². The summed E-state index contributed by atoms with van der Waals surface area (Å²) in [7, 11) is 0. The second-order valence-corrected chi connectivity index (χ2v) is 9.89. The van der Waals surface area contributed by atoms with Crippen LogP contribution in [-0.2, 0) is 0 Å². The van der Waals surface area contributed by atoms with Crippen molar-refractivity contribution >= 4 is 17.3 Å². The van der Waals surface area contributed by atoms with Gasteiger partial charge < -0.3 is 9.88 Å². The third kappa shape index (κ3) is 4.14. The lowest BCUT2D eigenvalue weighted by Gasteiger charge is -2.41. The lowest BCUT2D eigenvalue weighted by molar-refractivity contribution is 0.110. The number of imidazole rings is 1. The van der Waals surface area contributed by atoms with Gasteiger partial charge in [-0.25, -0.2) is 4.98 Å². The summed E-state index contributed by atoms with van der Waals surface area (Å²) in [5.74, 6) is 2.88. The molecule has 1 N–H and O–H groups in total. The molecular formula is C25H35N3O. The molecule has 1 aromatic heterocycles. The van der Waals surface area contributed by atoms with Crippen LogP contribution in [0.25, 0.3) is 11.0 Å². The fourth-order valence-corrected chi connectivity index (χ4v) is 6.60. The molecule has 3 heterocycles. The maximum Gasteiger partial charge on any atom is 0.185 e. The summed E-state index contributed by atoms with van der Waals surface area (Å²) in [6, 6.07) is 9.68. The summed E-state index contributed by atoms with van der Waals surface area (Å²) in [6.07, 6.45) is 17.8. The van der Waals surface area contributed by atoms with E-state index in [-0.39, 0.29) is 0 Å². The summed E-state index contributed by atoms with van der Waals surface area (Å²) in [5.41, 5.74) is 2.03. The van der Waals surface area contributed by atoms with Crippen LogP contribution in [0.1, 0.15) is 93.7 Å². The summed E-state index contributed by atoms with van der Waals surface area (Å²) in [4.78, 5) is 15.9. The molecule has 1 unspecified atom stereocenters. The molecule has 4 nitrogen and oxygen atoms in total. The molecular weight excluding hydrogens is 358 g/mol. The minimum Gasteiger partial charge on any atom is -0.318 e. The molecule has 6 rings (SSSR count). The van der Waals surface area contributed by atoms with Crippen molar-refractivity contribution in [2.75, 3.05) is 0 Å². The van der Waals surface area contributed by atoms with E-state index >= 15 is 0 Å². The Morgan fingerprint density at radius 1 is 0.862 bits per heavy atom. The first-order valence-electron chi connectivity index (χ1n) is 12.0. The van der Waals surface area contributed by atoms with Gasteiger partial charge in [-0.3, -0.25) is 4.79 Å². The van der Waals surface area contributed by atoms with Crippen LogP contribution in [-0.4, -0.2) is 27.9 Å². The van der Waals surface area contributed by atoms with Crippen LogP contribution in [0.5, 0.6) is 0 Å². The van der Waals surface area contributed by atoms with Crippen molar-refractivity contribution in [3.63, 3.8) is 0 Å². The molecule has 0 amide bonds. The van der Waals surface area contributed by atoms with Crippen LogP contribution in [0.15, 0.2) is 24.3 Å². The molecule has 4 bridgehead atoms. The van der Waals surface area contributed by atoms with Crippen molar-refractivity contribution in [3.8, 4) is 0 Å². The number of carbonyl (C=O) groups is 1. The number of aromatic nitrogens is 2. The highest BCUT2D eigenvalue weighted by Crippen LogP contribution is 2.39. The Bertz CT molecular complexity index is 812. The molecule has 4 fully saturated rings. The fourth-order valence-electron chi connectivity index (χ4n) is 6.60. The zero-order valence-corrected chi connectivity index (χ0v) is 17.6. The zero-order chi connectivity index (χ0) is 19.6. The monoisotopic (exact) mass is 393 g/mol. The van der Waals surface area contributed by atoms with Crippen LogP contribution in [0, 0.1) is 11.8 Å². The number of aldehydes is 1. The first kappa shape index (κ1) is 19.3. The molecule has 0 spiro atoms. The first-order chi connectivity index (χ1) is 14.3. The first-order valence-corrected chi connectivity index (χ1v) is 12.0. The molecule has 2 aliphatic heterocycles. The van der Waals surface area contributed by atoms with Gasteiger partial charge in [-0.1, -0.05) is 57.1 Å². The minimum atomic E-state index is 0.402. The number of benzene rings is 1. The highest BCUT2D eigenvalue weighted by molar-refractivity contribution is 5.83. The predicted octanol–water partition coefficient (Wildman–Crippen LogP) is 5.67. The smallest absolute Gasteiger partial charge is 0.185 e. The molecule has 2 aromatic rings. The maximum absolute atomic E-state index is 11.4. The number of nitrogens with one attached hydrogen (secondary N) is 1. The summed E-state index contributed by atoms with van der Waals surface area (Å²) >= 11 is 0. The molecule has 3 atom stereocenters. The van der Waals surface area contributed by atoms with E-state index in [2.05, 4.69) is 20.9 Å². The van der Waals surface area contributed by atoms with Gasteiger partial charge in [0, 0.05) is 18.1 Å². The standard InChI is InChI=1S/C16H19N3O.C9H16/c20-10-16-18-14-6-1-2-7-15(14)19(16)13-8-11-4-3-5-12(9-13)17-11;1-3-8-5-2-6-9(4-1)7-8/h1-2,6-7,10-13,17H,3-5,8-9H2;8-9H,1-7H2/t11-,12+,13?;. The Hall–Kier alpha value is -1.68. The Morgan fingerprint density at radius 3 is 2.10 bits per heavy atom. The lowest BCUT2D eigenvalue weighted by Crippen LogP contribution is -2.49. The summed E-state index contributed by atoms with van der Waals surface area (Å²) in [6.45, 7) is 0. The van der Waals surface area contributed by atoms with Crippen molar-refractivity contribution in [2.24, 2.45) is 11.8 Å². The van der Waals surface area contributed by atoms with E-state index in [1.807, 2.05) is 18.2 Å². The summed E-state index contributed by atoms with van der Waals surface area (Å²) < 4.78 is 2.18. The fraction of sp³-hybridized carbons (Fsp3) is 0.680. The number of nitrogens with zero attached hydrogens (tertiary/aromatic N) is 2. The van der Waals surface area contributed by atoms with Gasteiger partial charge in [0.2, 0.25) is 0 Å². The SMILES string of the molecule is C1CC2CCCC(C1)C2.O=Cc1nc2ccccc2n1C1C[C@H]2CCC[C@@H](C1)N2. The van der Waals surface area contributed by atoms with Crippen LogP contribution in [0.3, 0.4) is 0 Å². The van der Waals surface area contributed by atoms with E-state index in [0.29, 0.717) is 23.9 Å². The number of piperidine rings is 2. The normalized spacial score (nSPS) is 33.6. The molecule has 156 valence electrons. The van der Waals surface area contributed by atoms with Crippen molar-refractivity contribution < 1.29 is 4.79 Å². The third-order valence-electron chi connectivity index (χ3n) is 7.90. The molecule has 2 saturated carbocycles. The van der Waals surface area contributed by atoms with Crippen LogP contribution < -0.4 is 5.32 Å². The van der Waals surface area contributed by atoms with Gasteiger partial charge in [-0.05, 0) is 56.1 Å². The van der Waals surface area contributed by atoms with E-state index in [4.69, 9.17) is 0 Å². The molecule has 0 radical (unpaired) electrons. The Labute approximate surface area is 174 Å². The van der Waals surface area contributed by atoms with E-state index in [1.54, 1.807) is 32.1 Å². The van der Waals surface area contributed by atoms with Crippen LogP contribution in [0.2, 0.25) is 0 Å². The van der Waals surface area contributed by atoms with Gasteiger partial charge >= 0.3 is 0 Å². The van der Waals surface area contributed by atoms with Gasteiger partial charge in [0.25, 0.3) is 0 Å². The van der Waals surface area contributed by atoms with Crippen molar-refractivity contribution in [1.82, 2.24) is 14.9 Å². The minimum absolute atomic E-state index is 0.402. The quantitative estimate of drug-likeness (QED) is 0.669. The second kappa shape index (κ2) is 8.59. The number of hydrogen-bond donors (Lipinski definition) is 1. The number of hydrogen-bond acceptors (Lipinski definition) is 3. The van der Waals surface area contributed by atoms with Gasteiger partial charge in [-0.15, -0.1) is 0 Å². The van der Waals surface area contributed by atoms with E-state index in [1.165, 1.54) is 32.1 Å². The van der Waals surface area contributed by atoms with Crippen molar-refractivity contribution in [3.05, 3.63) is 30.1 Å². The molecule has 4 aliphatic rings. The Kier molecular flexibility index (Phi) is 5.72. The average Bonchev–Trinajstić information content (AvgIpc) is 3.13. The van der Waals surface area contributed by atoms with Crippen LogP contribution in [0.4, 0.5) is 0 Å². The molecule has 2 saturated heterocycles. The zero-order valence-electron chi connectivity index (χ0n) is 17.6. The van der Waals surface area contributed by atoms with Gasteiger partial charge in [0.15, 0.2) is 12.1 Å².